The second kappa shape index (κ2) is 11.2. The lowest BCUT2D eigenvalue weighted by molar-refractivity contribution is -0.118. The van der Waals surface area contributed by atoms with Crippen molar-refractivity contribution in [3.63, 3.8) is 0 Å². The van der Waals surface area contributed by atoms with Crippen LogP contribution in [0.4, 0.5) is 5.69 Å². The van der Waals surface area contributed by atoms with Gasteiger partial charge in [-0.1, -0.05) is 96.5 Å². The number of halogens is 1. The molecule has 0 radical (unpaired) electrons. The Hall–Kier alpha value is -4.28. The van der Waals surface area contributed by atoms with Crippen LogP contribution in [0.15, 0.2) is 120 Å². The Morgan fingerprint density at radius 2 is 1.43 bits per heavy atom. The van der Waals surface area contributed by atoms with E-state index in [1.807, 2.05) is 97.1 Å². The van der Waals surface area contributed by atoms with Crippen LogP contribution in [0, 0.1) is 0 Å². The Morgan fingerprint density at radius 1 is 0.784 bits per heavy atom. The lowest BCUT2D eigenvalue weighted by Gasteiger charge is -2.19. The van der Waals surface area contributed by atoms with E-state index in [0.717, 1.165) is 28.7 Å². The minimum absolute atomic E-state index is 0.188. The Balaban J connectivity index is 1.36. The van der Waals surface area contributed by atoms with Crippen LogP contribution in [0.3, 0.4) is 0 Å². The number of amides is 1. The van der Waals surface area contributed by atoms with E-state index in [1.165, 1.54) is 0 Å². The van der Waals surface area contributed by atoms with E-state index in [0.29, 0.717) is 35.1 Å². The molecule has 0 atom stereocenters. The van der Waals surface area contributed by atoms with Crippen molar-refractivity contribution in [2.75, 3.05) is 4.90 Å². The summed E-state index contributed by atoms with van der Waals surface area (Å²) >= 11 is 6.01. The number of amidine groups is 1. The zero-order valence-electron chi connectivity index (χ0n) is 20.2. The molecule has 4 aromatic rings. The largest absolute Gasteiger partial charge is 0.299 e. The number of carbonyl (C=O) groups is 2. The Morgan fingerprint density at radius 3 is 2.11 bits per heavy atom. The monoisotopic (exact) mass is 504 g/mol. The Kier molecular flexibility index (Phi) is 7.38. The number of carbonyl (C=O) groups excluding carboxylic acids is 2. The molecule has 37 heavy (non-hydrogen) atoms. The number of benzene rings is 4. The molecule has 4 aromatic carbocycles. The van der Waals surface area contributed by atoms with E-state index in [-0.39, 0.29) is 11.7 Å². The average Bonchev–Trinajstić information content (AvgIpc) is 3.26. The van der Waals surface area contributed by atoms with Crippen molar-refractivity contribution < 1.29 is 9.59 Å². The average molecular weight is 505 g/mol. The summed E-state index contributed by atoms with van der Waals surface area (Å²) in [6.45, 7) is 0. The maximum Gasteiger partial charge on any atom is 0.282 e. The van der Waals surface area contributed by atoms with Gasteiger partial charge in [0.05, 0.1) is 5.69 Å². The highest BCUT2D eigenvalue weighted by Gasteiger charge is 2.32. The first-order valence-electron chi connectivity index (χ1n) is 12.2. The normalized spacial score (nSPS) is 14.2. The van der Waals surface area contributed by atoms with Gasteiger partial charge in [-0.05, 0) is 53.5 Å². The molecule has 0 bridgehead atoms. The first kappa shape index (κ1) is 24.4. The lowest BCUT2D eigenvalue weighted by atomic mass is 10.0. The predicted molar refractivity (Wildman–Crippen MR) is 150 cm³/mol. The van der Waals surface area contributed by atoms with Crippen LogP contribution in [-0.2, 0) is 22.4 Å². The molecule has 0 spiro atoms. The number of anilines is 1. The smallest absolute Gasteiger partial charge is 0.282 e. The fourth-order valence-electron chi connectivity index (χ4n) is 4.26. The topological polar surface area (TPSA) is 49.7 Å². The fraction of sp³-hybridized carbons (Fsp3) is 0.0938. The molecule has 0 saturated heterocycles. The molecule has 4 nitrogen and oxygen atoms in total. The summed E-state index contributed by atoms with van der Waals surface area (Å²) in [6.07, 6.45) is 3.36. The van der Waals surface area contributed by atoms with Crippen molar-refractivity contribution in [2.24, 2.45) is 4.99 Å². The quantitative estimate of drug-likeness (QED) is 0.244. The molecule has 0 saturated carbocycles. The first-order chi connectivity index (χ1) is 18.1. The number of nitrogens with zero attached hydrogens (tertiary/aromatic N) is 2. The van der Waals surface area contributed by atoms with Crippen LogP contribution >= 0.6 is 11.6 Å². The van der Waals surface area contributed by atoms with Crippen molar-refractivity contribution in [2.45, 2.75) is 19.3 Å². The summed E-state index contributed by atoms with van der Waals surface area (Å²) in [4.78, 5) is 32.4. The molecule has 5 rings (SSSR count). The zero-order valence-corrected chi connectivity index (χ0v) is 20.9. The van der Waals surface area contributed by atoms with E-state index in [9.17, 15) is 9.59 Å². The standard InChI is InChI=1S/C32H25ClN2O2/c33-27-16-11-25(12-17-27)22-30-32(37)35(31(34-30)26-9-5-2-6-10-26)28-18-13-24(14-19-28)21-29(36)20-15-23-7-3-1-4-8-23/h1-14,16-19,22H,15,20-21H2/b30-22-. The van der Waals surface area contributed by atoms with Crippen molar-refractivity contribution in [1.29, 1.82) is 0 Å². The maximum absolute atomic E-state index is 13.5. The predicted octanol–water partition coefficient (Wildman–Crippen LogP) is 6.92. The van der Waals surface area contributed by atoms with Crippen LogP contribution in [0.2, 0.25) is 5.02 Å². The highest BCUT2D eigenvalue weighted by atomic mass is 35.5. The summed E-state index contributed by atoms with van der Waals surface area (Å²) in [6, 6.07) is 34.5. The molecule has 0 fully saturated rings. The van der Waals surface area contributed by atoms with Gasteiger partial charge in [0, 0.05) is 23.4 Å². The molecule has 0 N–H and O–H groups in total. The molecule has 1 aliphatic rings. The molecular weight excluding hydrogens is 480 g/mol. The third-order valence-electron chi connectivity index (χ3n) is 6.20. The first-order valence-corrected chi connectivity index (χ1v) is 12.5. The molecule has 1 heterocycles. The van der Waals surface area contributed by atoms with Crippen LogP contribution in [-0.4, -0.2) is 17.5 Å². The summed E-state index contributed by atoms with van der Waals surface area (Å²) in [7, 11) is 0. The van der Waals surface area contributed by atoms with Crippen molar-refractivity contribution in [1.82, 2.24) is 0 Å². The third-order valence-corrected chi connectivity index (χ3v) is 6.45. The molecule has 0 unspecified atom stereocenters. The molecular formula is C32H25ClN2O2. The van der Waals surface area contributed by atoms with Gasteiger partial charge in [0.15, 0.2) is 0 Å². The minimum atomic E-state index is -0.208. The molecule has 1 aliphatic heterocycles. The minimum Gasteiger partial charge on any atom is -0.299 e. The number of aliphatic imine (C=N–C) groups is 1. The SMILES string of the molecule is O=C(CCc1ccccc1)Cc1ccc(N2C(=O)/C(=C/c3ccc(Cl)cc3)N=C2c2ccccc2)cc1. The van der Waals surface area contributed by atoms with Crippen molar-refractivity contribution >= 4 is 40.9 Å². The number of ketones is 1. The van der Waals surface area contributed by atoms with E-state index < -0.39 is 0 Å². The molecule has 1 amide bonds. The Labute approximate surface area is 221 Å². The summed E-state index contributed by atoms with van der Waals surface area (Å²) < 4.78 is 0. The summed E-state index contributed by atoms with van der Waals surface area (Å²) in [5, 5.41) is 0.633. The maximum atomic E-state index is 13.5. The van der Waals surface area contributed by atoms with Gasteiger partial charge in [-0.25, -0.2) is 4.99 Å². The molecule has 5 heteroatoms. The van der Waals surface area contributed by atoms with Crippen molar-refractivity contribution in [3.05, 3.63) is 142 Å². The molecule has 0 aliphatic carbocycles. The second-order valence-corrected chi connectivity index (χ2v) is 9.33. The van der Waals surface area contributed by atoms with Crippen LogP contribution in [0.5, 0.6) is 0 Å². The van der Waals surface area contributed by atoms with Gasteiger partial charge in [-0.2, -0.15) is 0 Å². The van der Waals surface area contributed by atoms with E-state index >= 15 is 0 Å². The number of rotatable bonds is 8. The molecule has 182 valence electrons. The second-order valence-electron chi connectivity index (χ2n) is 8.89. The highest BCUT2D eigenvalue weighted by Crippen LogP contribution is 2.28. The lowest BCUT2D eigenvalue weighted by Crippen LogP contribution is -2.32. The molecule has 0 aromatic heterocycles. The van der Waals surface area contributed by atoms with Crippen molar-refractivity contribution in [3.8, 4) is 0 Å². The van der Waals surface area contributed by atoms with E-state index in [2.05, 4.69) is 0 Å². The van der Waals surface area contributed by atoms with Crippen LogP contribution in [0.1, 0.15) is 28.7 Å². The van der Waals surface area contributed by atoms with Crippen LogP contribution < -0.4 is 4.90 Å². The number of hydrogen-bond acceptors (Lipinski definition) is 3. The van der Waals surface area contributed by atoms with Gasteiger partial charge < -0.3 is 0 Å². The summed E-state index contributed by atoms with van der Waals surface area (Å²) in [5.41, 5.74) is 4.82. The number of Topliss-reactive ketones (excluding diaryl/α,β-unsaturated/α-hetero) is 1. The van der Waals surface area contributed by atoms with Gasteiger partial charge in [0.2, 0.25) is 0 Å². The Bertz CT molecular complexity index is 1460. The van der Waals surface area contributed by atoms with E-state index in [1.54, 1.807) is 23.1 Å². The van der Waals surface area contributed by atoms with Gasteiger partial charge in [0.25, 0.3) is 5.91 Å². The van der Waals surface area contributed by atoms with Gasteiger partial charge in [-0.15, -0.1) is 0 Å². The third kappa shape index (κ3) is 5.93. The van der Waals surface area contributed by atoms with Crippen LogP contribution in [0.25, 0.3) is 6.08 Å². The highest BCUT2D eigenvalue weighted by molar-refractivity contribution is 6.33. The summed E-state index contributed by atoms with van der Waals surface area (Å²) in [5.74, 6) is 0.548. The van der Waals surface area contributed by atoms with Gasteiger partial charge >= 0.3 is 0 Å². The van der Waals surface area contributed by atoms with E-state index in [4.69, 9.17) is 16.6 Å². The zero-order chi connectivity index (χ0) is 25.6. The van der Waals surface area contributed by atoms with Gasteiger partial charge in [0.1, 0.15) is 17.3 Å². The van der Waals surface area contributed by atoms with Gasteiger partial charge in [-0.3, -0.25) is 14.5 Å². The number of hydrogen-bond donors (Lipinski definition) is 0. The fourth-order valence-corrected chi connectivity index (χ4v) is 4.39. The number of aryl methyl sites for hydroxylation is 1.